The molecule has 2 aliphatic carbocycles. The monoisotopic (exact) mass is 875 g/mol. The van der Waals surface area contributed by atoms with Crippen LogP contribution in [0.4, 0.5) is 17.1 Å². The van der Waals surface area contributed by atoms with Gasteiger partial charge in [-0.3, -0.25) is 0 Å². The van der Waals surface area contributed by atoms with Gasteiger partial charge < -0.3 is 9.32 Å². The average molecular weight is 876 g/mol. The SMILES string of the molecule is c1ccc(-c2ccc(N(c3ccc4c5ccccc5c5ccccc5c4c3)c3ccc(-c4ccc5c(c4)C4(c6ccccc6-c6ccccc64)c4ccccc4-5)c4oc5ccccc5c34)cc2)cc1. The molecule has 0 aliphatic heterocycles. The van der Waals surface area contributed by atoms with Crippen LogP contribution >= 0.6 is 0 Å². The van der Waals surface area contributed by atoms with E-state index in [1.165, 1.54) is 88.0 Å². The molecular weight excluding hydrogens is 835 g/mol. The maximum absolute atomic E-state index is 7.14. The van der Waals surface area contributed by atoms with Crippen LogP contribution in [-0.2, 0) is 5.41 Å². The minimum absolute atomic E-state index is 0.448. The highest BCUT2D eigenvalue weighted by Crippen LogP contribution is 2.63. The Morgan fingerprint density at radius 3 is 1.39 bits per heavy atom. The third kappa shape index (κ3) is 5.31. The highest BCUT2D eigenvalue weighted by Gasteiger charge is 2.51. The number of para-hydroxylation sites is 1. The van der Waals surface area contributed by atoms with E-state index in [9.17, 15) is 0 Å². The molecule has 0 unspecified atom stereocenters. The van der Waals surface area contributed by atoms with Gasteiger partial charge in [-0.15, -0.1) is 0 Å². The van der Waals surface area contributed by atoms with Gasteiger partial charge in [0.25, 0.3) is 0 Å². The molecule has 15 rings (SSSR count). The van der Waals surface area contributed by atoms with E-state index in [1.54, 1.807) is 0 Å². The van der Waals surface area contributed by atoms with E-state index in [-0.39, 0.29) is 0 Å². The van der Waals surface area contributed by atoms with Crippen LogP contribution in [0.2, 0.25) is 0 Å². The molecule has 1 spiro atoms. The van der Waals surface area contributed by atoms with Gasteiger partial charge in [-0.2, -0.15) is 0 Å². The number of hydrogen-bond donors (Lipinski definition) is 0. The molecule has 2 aliphatic rings. The molecule has 0 amide bonds. The van der Waals surface area contributed by atoms with Gasteiger partial charge in [0.1, 0.15) is 11.2 Å². The Morgan fingerprint density at radius 2 is 0.754 bits per heavy atom. The maximum Gasteiger partial charge on any atom is 0.145 e. The van der Waals surface area contributed by atoms with E-state index in [0.717, 1.165) is 50.1 Å². The number of nitrogens with zero attached hydrogens (tertiary/aromatic N) is 1. The summed E-state index contributed by atoms with van der Waals surface area (Å²) in [5.41, 5.74) is 19.5. The lowest BCUT2D eigenvalue weighted by atomic mass is 9.70. The standard InChI is InChI=1S/C67H41NO/c1-2-16-42(17-3-1)43-30-33-45(34-31-43)68(46-35-37-52-50-20-5-4-18-48(50)49-19-6-7-21-51(49)58(52)41-46)63-39-38-47(66-65(63)57-25-11-15-29-64(57)69-66)44-32-36-56-55-24-10-14-28-61(55)67(62(56)40-44)59-26-12-8-22-53(59)54-23-9-13-27-60(54)67/h1-41H. The number of furan rings is 1. The molecule has 2 heteroatoms. The van der Waals surface area contributed by atoms with Crippen molar-refractivity contribution >= 4 is 71.3 Å². The summed E-state index contributed by atoms with van der Waals surface area (Å²) in [7, 11) is 0. The molecule has 69 heavy (non-hydrogen) atoms. The summed E-state index contributed by atoms with van der Waals surface area (Å²) in [5.74, 6) is 0. The van der Waals surface area contributed by atoms with Gasteiger partial charge in [0, 0.05) is 22.3 Å². The molecule has 2 nitrogen and oxygen atoms in total. The first kappa shape index (κ1) is 38.2. The normalized spacial score (nSPS) is 13.0. The number of rotatable bonds is 5. The van der Waals surface area contributed by atoms with Gasteiger partial charge in [0.15, 0.2) is 0 Å². The molecule has 0 saturated carbocycles. The molecule has 0 bridgehead atoms. The van der Waals surface area contributed by atoms with Crippen molar-refractivity contribution in [3.8, 4) is 44.5 Å². The number of fused-ring (bicyclic) bond motifs is 19. The zero-order valence-electron chi connectivity index (χ0n) is 37.5. The van der Waals surface area contributed by atoms with Crippen LogP contribution in [-0.4, -0.2) is 0 Å². The van der Waals surface area contributed by atoms with Crippen LogP contribution in [0.25, 0.3) is 98.8 Å². The average Bonchev–Trinajstić information content (AvgIpc) is 4.06. The number of anilines is 3. The summed E-state index contributed by atoms with van der Waals surface area (Å²) in [6.45, 7) is 0. The van der Waals surface area contributed by atoms with E-state index in [4.69, 9.17) is 4.42 Å². The predicted octanol–water partition coefficient (Wildman–Crippen LogP) is 18.2. The number of benzene rings is 12. The van der Waals surface area contributed by atoms with Crippen molar-refractivity contribution in [3.05, 3.63) is 271 Å². The molecule has 0 N–H and O–H groups in total. The fraction of sp³-hybridized carbons (Fsp3) is 0.0149. The lowest BCUT2D eigenvalue weighted by Crippen LogP contribution is -2.25. The molecule has 0 fully saturated rings. The van der Waals surface area contributed by atoms with Gasteiger partial charge in [-0.25, -0.2) is 0 Å². The van der Waals surface area contributed by atoms with Crippen LogP contribution in [0, 0.1) is 0 Å². The highest BCUT2D eigenvalue weighted by atomic mass is 16.3. The summed E-state index contributed by atoms with van der Waals surface area (Å²) < 4.78 is 7.14. The number of hydrogen-bond acceptors (Lipinski definition) is 2. The van der Waals surface area contributed by atoms with E-state index < -0.39 is 5.41 Å². The lowest BCUT2D eigenvalue weighted by Gasteiger charge is -2.30. The van der Waals surface area contributed by atoms with Crippen molar-refractivity contribution in [2.75, 3.05) is 4.90 Å². The zero-order chi connectivity index (χ0) is 45.2. The Morgan fingerprint density at radius 1 is 0.290 bits per heavy atom. The summed E-state index contributed by atoms with van der Waals surface area (Å²) >= 11 is 0. The van der Waals surface area contributed by atoms with Crippen molar-refractivity contribution in [1.29, 1.82) is 0 Å². The van der Waals surface area contributed by atoms with Crippen molar-refractivity contribution in [2.24, 2.45) is 0 Å². The topological polar surface area (TPSA) is 16.4 Å². The van der Waals surface area contributed by atoms with Crippen molar-refractivity contribution in [3.63, 3.8) is 0 Å². The second-order valence-corrected chi connectivity index (χ2v) is 18.7. The van der Waals surface area contributed by atoms with Gasteiger partial charge in [0.05, 0.1) is 16.5 Å². The molecule has 0 atom stereocenters. The largest absolute Gasteiger partial charge is 0.455 e. The van der Waals surface area contributed by atoms with E-state index in [0.29, 0.717) is 0 Å². The van der Waals surface area contributed by atoms with Crippen LogP contribution in [0.15, 0.2) is 253 Å². The second kappa shape index (κ2) is 14.5. The van der Waals surface area contributed by atoms with Gasteiger partial charge in [-0.05, 0) is 142 Å². The van der Waals surface area contributed by atoms with Gasteiger partial charge in [-0.1, -0.05) is 200 Å². The molecule has 13 aromatic rings. The summed E-state index contributed by atoms with van der Waals surface area (Å²) in [6, 6.07) is 91.7. The maximum atomic E-state index is 7.14. The summed E-state index contributed by atoms with van der Waals surface area (Å²) in [4.78, 5) is 2.44. The van der Waals surface area contributed by atoms with E-state index in [2.05, 4.69) is 254 Å². The van der Waals surface area contributed by atoms with E-state index >= 15 is 0 Å². The van der Waals surface area contributed by atoms with Crippen LogP contribution < -0.4 is 4.90 Å². The van der Waals surface area contributed by atoms with Gasteiger partial charge >= 0.3 is 0 Å². The minimum Gasteiger partial charge on any atom is -0.455 e. The Hall–Kier alpha value is -8.98. The zero-order valence-corrected chi connectivity index (χ0v) is 37.5. The molecule has 0 radical (unpaired) electrons. The van der Waals surface area contributed by atoms with Crippen molar-refractivity contribution in [1.82, 2.24) is 0 Å². The summed E-state index contributed by atoms with van der Waals surface area (Å²) in [6.07, 6.45) is 0. The van der Waals surface area contributed by atoms with Crippen molar-refractivity contribution < 1.29 is 4.42 Å². The quantitative estimate of drug-likeness (QED) is 0.160. The first-order chi connectivity index (χ1) is 34.2. The molecule has 320 valence electrons. The molecular formula is C67H41NO. The lowest BCUT2D eigenvalue weighted by molar-refractivity contribution is 0.670. The molecule has 12 aromatic carbocycles. The minimum atomic E-state index is -0.448. The molecule has 0 saturated heterocycles. The summed E-state index contributed by atoms with van der Waals surface area (Å²) in [5, 5.41) is 9.65. The second-order valence-electron chi connectivity index (χ2n) is 18.7. The fourth-order valence-electron chi connectivity index (χ4n) is 12.4. The first-order valence-electron chi connectivity index (χ1n) is 23.9. The van der Waals surface area contributed by atoms with Crippen LogP contribution in [0.3, 0.4) is 0 Å². The third-order valence-corrected chi connectivity index (χ3v) is 15.3. The Balaban J connectivity index is 0.981. The van der Waals surface area contributed by atoms with Gasteiger partial charge in [0.2, 0.25) is 0 Å². The predicted molar refractivity (Wildman–Crippen MR) is 288 cm³/mol. The van der Waals surface area contributed by atoms with E-state index in [1.807, 2.05) is 0 Å². The van der Waals surface area contributed by atoms with Crippen LogP contribution in [0.1, 0.15) is 22.3 Å². The Bertz CT molecular complexity index is 4160. The Labute approximate surface area is 399 Å². The third-order valence-electron chi connectivity index (χ3n) is 15.3. The molecule has 1 aromatic heterocycles. The Kier molecular flexibility index (Phi) is 8.02. The van der Waals surface area contributed by atoms with Crippen LogP contribution in [0.5, 0.6) is 0 Å². The smallest absolute Gasteiger partial charge is 0.145 e. The highest BCUT2D eigenvalue weighted by molar-refractivity contribution is 6.26. The fourth-order valence-corrected chi connectivity index (χ4v) is 12.4. The first-order valence-corrected chi connectivity index (χ1v) is 23.9. The van der Waals surface area contributed by atoms with Crippen molar-refractivity contribution in [2.45, 2.75) is 5.41 Å². The molecule has 1 heterocycles.